The van der Waals surface area contributed by atoms with Crippen molar-refractivity contribution in [2.75, 3.05) is 6.61 Å². The van der Waals surface area contributed by atoms with Gasteiger partial charge in [0, 0.05) is 12.8 Å². The van der Waals surface area contributed by atoms with Crippen LogP contribution in [-0.4, -0.2) is 21.7 Å². The third kappa shape index (κ3) is 2.51. The summed E-state index contributed by atoms with van der Waals surface area (Å²) >= 11 is 0. The molecule has 0 aliphatic rings. The van der Waals surface area contributed by atoms with Crippen molar-refractivity contribution < 1.29 is 9.26 Å². The number of aromatic amines is 1. The fourth-order valence-corrected chi connectivity index (χ4v) is 1.77. The number of hydrogen-bond donors (Lipinski definition) is 1. The van der Waals surface area contributed by atoms with Gasteiger partial charge in [0.2, 0.25) is 5.82 Å². The molecule has 0 spiro atoms. The lowest BCUT2D eigenvalue weighted by molar-refractivity contribution is -0.0403. The van der Waals surface area contributed by atoms with E-state index in [1.165, 1.54) is 0 Å². The topological polar surface area (TPSA) is 87.7 Å². The Hall–Kier alpha value is -2.13. The van der Waals surface area contributed by atoms with Crippen molar-refractivity contribution in [3.05, 3.63) is 23.7 Å². The van der Waals surface area contributed by atoms with Crippen LogP contribution in [0.1, 0.15) is 38.6 Å². The number of nitrogens with zero attached hydrogens (tertiary/aromatic N) is 3. The van der Waals surface area contributed by atoms with E-state index < -0.39 is 5.60 Å². The fourth-order valence-electron chi connectivity index (χ4n) is 1.77. The lowest BCUT2D eigenvalue weighted by Gasteiger charge is -2.23. The maximum atomic E-state index is 8.78. The highest BCUT2D eigenvalue weighted by atomic mass is 16.5. The number of hydrogen-bond acceptors (Lipinski definition) is 5. The number of aromatic nitrogens is 3. The lowest BCUT2D eigenvalue weighted by Crippen LogP contribution is -2.26. The standard InChI is InChI=1S/C13H16N4O2/c1-4-13(3,18-5-2)12-16-11(19-17-12)10-6-9(7-14)8-15-10/h6,8,15H,4-5H2,1-3H3. The molecule has 6 nitrogen and oxygen atoms in total. The maximum absolute atomic E-state index is 8.78. The molecule has 0 saturated heterocycles. The summed E-state index contributed by atoms with van der Waals surface area (Å²) in [5, 5.41) is 12.8. The Morgan fingerprint density at radius 3 is 2.89 bits per heavy atom. The van der Waals surface area contributed by atoms with E-state index >= 15 is 0 Å². The van der Waals surface area contributed by atoms with Crippen LogP contribution in [0.2, 0.25) is 0 Å². The first-order valence-electron chi connectivity index (χ1n) is 6.20. The van der Waals surface area contributed by atoms with Crippen molar-refractivity contribution in [1.82, 2.24) is 15.1 Å². The van der Waals surface area contributed by atoms with Gasteiger partial charge < -0.3 is 14.2 Å². The summed E-state index contributed by atoms with van der Waals surface area (Å²) in [6.45, 7) is 6.45. The molecule has 100 valence electrons. The van der Waals surface area contributed by atoms with E-state index in [0.29, 0.717) is 29.6 Å². The van der Waals surface area contributed by atoms with Crippen LogP contribution >= 0.6 is 0 Å². The zero-order valence-corrected chi connectivity index (χ0v) is 11.2. The van der Waals surface area contributed by atoms with Gasteiger partial charge in [0.15, 0.2) is 0 Å². The van der Waals surface area contributed by atoms with E-state index in [4.69, 9.17) is 14.5 Å². The number of ether oxygens (including phenoxy) is 1. The molecule has 2 rings (SSSR count). The number of rotatable bonds is 5. The summed E-state index contributed by atoms with van der Waals surface area (Å²) in [6, 6.07) is 3.71. The molecule has 19 heavy (non-hydrogen) atoms. The summed E-state index contributed by atoms with van der Waals surface area (Å²) in [7, 11) is 0. The molecule has 2 heterocycles. The first-order valence-corrected chi connectivity index (χ1v) is 6.20. The normalized spacial score (nSPS) is 14.0. The number of nitrogens with one attached hydrogen (secondary N) is 1. The molecule has 6 heteroatoms. The fraction of sp³-hybridized carbons (Fsp3) is 0.462. The molecule has 1 atom stereocenters. The quantitative estimate of drug-likeness (QED) is 0.892. The van der Waals surface area contributed by atoms with Crippen molar-refractivity contribution >= 4 is 0 Å². The minimum atomic E-state index is -0.554. The van der Waals surface area contributed by atoms with E-state index in [1.54, 1.807) is 12.3 Å². The molecular formula is C13H16N4O2. The second-order valence-electron chi connectivity index (χ2n) is 4.35. The lowest BCUT2D eigenvalue weighted by atomic mass is 10.0. The van der Waals surface area contributed by atoms with Crippen LogP contribution in [0.25, 0.3) is 11.6 Å². The van der Waals surface area contributed by atoms with Crippen molar-refractivity contribution in [3.8, 4) is 17.7 Å². The molecule has 0 bridgehead atoms. The van der Waals surface area contributed by atoms with Crippen molar-refractivity contribution in [3.63, 3.8) is 0 Å². The summed E-state index contributed by atoms with van der Waals surface area (Å²) < 4.78 is 10.9. The minimum absolute atomic E-state index is 0.357. The van der Waals surface area contributed by atoms with Gasteiger partial charge in [0.1, 0.15) is 17.4 Å². The van der Waals surface area contributed by atoms with Gasteiger partial charge in [-0.15, -0.1) is 0 Å². The average molecular weight is 260 g/mol. The predicted octanol–water partition coefficient (Wildman–Crippen LogP) is 2.60. The van der Waals surface area contributed by atoms with E-state index in [2.05, 4.69) is 15.1 Å². The summed E-state index contributed by atoms with van der Waals surface area (Å²) in [5.74, 6) is 0.871. The van der Waals surface area contributed by atoms with Crippen LogP contribution in [0.3, 0.4) is 0 Å². The van der Waals surface area contributed by atoms with E-state index in [1.807, 2.05) is 26.8 Å². The van der Waals surface area contributed by atoms with Gasteiger partial charge in [0.05, 0.1) is 5.56 Å². The molecule has 0 aliphatic heterocycles. The largest absolute Gasteiger partial charge is 0.367 e. The highest BCUT2D eigenvalue weighted by Crippen LogP contribution is 2.28. The molecule has 1 unspecified atom stereocenters. The number of nitriles is 1. The first kappa shape index (κ1) is 13.3. The van der Waals surface area contributed by atoms with Gasteiger partial charge >= 0.3 is 0 Å². The zero-order valence-electron chi connectivity index (χ0n) is 11.2. The molecule has 0 fully saturated rings. The molecule has 0 radical (unpaired) electrons. The van der Waals surface area contributed by atoms with E-state index in [-0.39, 0.29) is 0 Å². The zero-order chi connectivity index (χ0) is 13.9. The predicted molar refractivity (Wildman–Crippen MR) is 68.1 cm³/mol. The highest BCUT2D eigenvalue weighted by molar-refractivity contribution is 5.51. The summed E-state index contributed by atoms with van der Waals surface area (Å²) in [6.07, 6.45) is 2.34. The monoisotopic (exact) mass is 260 g/mol. The molecule has 0 aliphatic carbocycles. The third-order valence-electron chi connectivity index (χ3n) is 3.08. The van der Waals surface area contributed by atoms with Gasteiger partial charge in [-0.1, -0.05) is 12.1 Å². The van der Waals surface area contributed by atoms with Crippen molar-refractivity contribution in [2.45, 2.75) is 32.8 Å². The molecule has 1 N–H and O–H groups in total. The Morgan fingerprint density at radius 1 is 1.53 bits per heavy atom. The van der Waals surface area contributed by atoms with Gasteiger partial charge in [-0.25, -0.2) is 0 Å². The number of H-pyrrole nitrogens is 1. The van der Waals surface area contributed by atoms with Crippen LogP contribution in [0.15, 0.2) is 16.8 Å². The molecule has 0 aromatic carbocycles. The Balaban J connectivity index is 2.30. The highest BCUT2D eigenvalue weighted by Gasteiger charge is 2.31. The van der Waals surface area contributed by atoms with Crippen molar-refractivity contribution in [1.29, 1.82) is 5.26 Å². The second kappa shape index (κ2) is 5.24. The molecule has 0 saturated carbocycles. The average Bonchev–Trinajstić information content (AvgIpc) is 3.07. The van der Waals surface area contributed by atoms with Gasteiger partial charge in [0.25, 0.3) is 5.89 Å². The smallest absolute Gasteiger partial charge is 0.274 e. The van der Waals surface area contributed by atoms with Gasteiger partial charge in [-0.2, -0.15) is 10.2 Å². The Bertz CT molecular complexity index is 596. The minimum Gasteiger partial charge on any atom is -0.367 e. The van der Waals surface area contributed by atoms with E-state index in [0.717, 1.165) is 6.42 Å². The van der Waals surface area contributed by atoms with Crippen LogP contribution in [0.5, 0.6) is 0 Å². The Morgan fingerprint density at radius 2 is 2.32 bits per heavy atom. The first-order chi connectivity index (χ1) is 9.12. The third-order valence-corrected chi connectivity index (χ3v) is 3.08. The summed E-state index contributed by atoms with van der Waals surface area (Å²) in [5.41, 5.74) is 0.601. The maximum Gasteiger partial charge on any atom is 0.274 e. The van der Waals surface area contributed by atoms with Crippen LogP contribution < -0.4 is 0 Å². The molecule has 0 amide bonds. The Kier molecular flexibility index (Phi) is 3.67. The molecule has 2 aromatic rings. The van der Waals surface area contributed by atoms with Gasteiger partial charge in [-0.05, 0) is 26.3 Å². The molecule has 2 aromatic heterocycles. The van der Waals surface area contributed by atoms with Crippen molar-refractivity contribution in [2.24, 2.45) is 0 Å². The van der Waals surface area contributed by atoms with Crippen LogP contribution in [0, 0.1) is 11.3 Å². The summed E-state index contributed by atoms with van der Waals surface area (Å²) in [4.78, 5) is 7.27. The van der Waals surface area contributed by atoms with Crippen LogP contribution in [0.4, 0.5) is 0 Å². The molecular weight excluding hydrogens is 244 g/mol. The van der Waals surface area contributed by atoms with Crippen LogP contribution in [-0.2, 0) is 10.3 Å². The Labute approximate surface area is 111 Å². The van der Waals surface area contributed by atoms with E-state index in [9.17, 15) is 0 Å². The SMILES string of the molecule is CCOC(C)(CC)c1noc(-c2cc(C#N)c[nH]2)n1. The second-order valence-corrected chi connectivity index (χ2v) is 4.35. The van der Waals surface area contributed by atoms with Gasteiger partial charge in [-0.3, -0.25) is 0 Å².